The number of hydrogen-bond donors (Lipinski definition) is 1. The van der Waals surface area contributed by atoms with E-state index in [2.05, 4.69) is 52.2 Å². The summed E-state index contributed by atoms with van der Waals surface area (Å²) < 4.78 is 6.69. The molecule has 0 fully saturated rings. The van der Waals surface area contributed by atoms with E-state index in [0.717, 1.165) is 38.3 Å². The summed E-state index contributed by atoms with van der Waals surface area (Å²) in [5, 5.41) is 3.42. The lowest BCUT2D eigenvalue weighted by molar-refractivity contribution is -0.118. The molecule has 0 aliphatic rings. The van der Waals surface area contributed by atoms with Crippen LogP contribution in [0.3, 0.4) is 0 Å². The molecule has 0 saturated carbocycles. The molecule has 6 heteroatoms. The number of benzene rings is 2. The van der Waals surface area contributed by atoms with E-state index >= 15 is 0 Å². The molecular weight excluding hydrogens is 424 g/mol. The van der Waals surface area contributed by atoms with E-state index in [1.54, 1.807) is 0 Å². The molecule has 4 nitrogen and oxygen atoms in total. The molecule has 140 valence electrons. The lowest BCUT2D eigenvalue weighted by Gasteiger charge is -2.10. The number of carbonyl (C=O) groups excluding carboxylic acids is 1. The highest BCUT2D eigenvalue weighted by Crippen LogP contribution is 2.30. The molecule has 3 rings (SSSR count). The highest BCUT2D eigenvalue weighted by molar-refractivity contribution is 9.10. The minimum atomic E-state index is -0.218. The fourth-order valence-corrected chi connectivity index (χ4v) is 3.95. The summed E-state index contributed by atoms with van der Waals surface area (Å²) in [6.07, 6.45) is 0.835. The van der Waals surface area contributed by atoms with Crippen molar-refractivity contribution in [3.05, 3.63) is 62.9 Å². The van der Waals surface area contributed by atoms with Gasteiger partial charge in [0.05, 0.1) is 5.69 Å². The van der Waals surface area contributed by atoms with Gasteiger partial charge in [0.15, 0.2) is 11.7 Å². The third kappa shape index (κ3) is 4.96. The van der Waals surface area contributed by atoms with Gasteiger partial charge in [-0.05, 0) is 44.0 Å². The first kappa shape index (κ1) is 19.6. The molecule has 0 radical (unpaired) electrons. The van der Waals surface area contributed by atoms with Crippen molar-refractivity contribution in [3.8, 4) is 17.0 Å². The Hall–Kier alpha value is -2.18. The van der Waals surface area contributed by atoms with Gasteiger partial charge in [-0.1, -0.05) is 52.7 Å². The van der Waals surface area contributed by atoms with Gasteiger partial charge in [0, 0.05) is 14.9 Å². The van der Waals surface area contributed by atoms with Gasteiger partial charge in [0.1, 0.15) is 5.75 Å². The average Bonchev–Trinajstić information content (AvgIpc) is 3.01. The van der Waals surface area contributed by atoms with Gasteiger partial charge in [0.2, 0.25) is 0 Å². The van der Waals surface area contributed by atoms with Crippen LogP contribution in [-0.2, 0) is 11.2 Å². The summed E-state index contributed by atoms with van der Waals surface area (Å²) in [6.45, 7) is 6.07. The van der Waals surface area contributed by atoms with E-state index in [4.69, 9.17) is 4.74 Å². The van der Waals surface area contributed by atoms with Crippen LogP contribution in [0.2, 0.25) is 0 Å². The second kappa shape index (κ2) is 8.67. The summed E-state index contributed by atoms with van der Waals surface area (Å²) in [5.41, 5.74) is 4.21. The molecule has 0 aliphatic carbocycles. The lowest BCUT2D eigenvalue weighted by atomic mass is 10.1. The molecule has 1 heterocycles. The number of hydrogen-bond acceptors (Lipinski definition) is 4. The number of anilines is 1. The summed E-state index contributed by atoms with van der Waals surface area (Å²) in [5.74, 6) is 0.510. The number of rotatable bonds is 6. The number of nitrogens with one attached hydrogen (secondary N) is 1. The van der Waals surface area contributed by atoms with Gasteiger partial charge in [0.25, 0.3) is 5.91 Å². The summed E-state index contributed by atoms with van der Waals surface area (Å²) in [4.78, 5) is 17.9. The molecular formula is C21H21BrN2O2S. The molecule has 0 saturated heterocycles. The predicted molar refractivity (Wildman–Crippen MR) is 115 cm³/mol. The van der Waals surface area contributed by atoms with Gasteiger partial charge in [-0.15, -0.1) is 11.3 Å². The number of aryl methyl sites for hydroxylation is 3. The zero-order chi connectivity index (χ0) is 19.4. The van der Waals surface area contributed by atoms with Crippen LogP contribution >= 0.6 is 27.3 Å². The van der Waals surface area contributed by atoms with E-state index < -0.39 is 0 Å². The molecule has 1 aromatic heterocycles. The lowest BCUT2D eigenvalue weighted by Crippen LogP contribution is -2.20. The van der Waals surface area contributed by atoms with E-state index in [1.165, 1.54) is 16.9 Å². The zero-order valence-corrected chi connectivity index (χ0v) is 17.9. The highest BCUT2D eigenvalue weighted by atomic mass is 79.9. The largest absolute Gasteiger partial charge is 0.483 e. The van der Waals surface area contributed by atoms with Crippen LogP contribution in [0.25, 0.3) is 11.3 Å². The first-order valence-corrected chi connectivity index (χ1v) is 10.3. The first-order valence-electron chi connectivity index (χ1n) is 8.71. The van der Waals surface area contributed by atoms with Gasteiger partial charge in [-0.3, -0.25) is 10.1 Å². The van der Waals surface area contributed by atoms with Crippen LogP contribution < -0.4 is 10.1 Å². The zero-order valence-electron chi connectivity index (χ0n) is 15.5. The topological polar surface area (TPSA) is 51.2 Å². The van der Waals surface area contributed by atoms with Crippen LogP contribution in [0.15, 0.2) is 46.9 Å². The number of carbonyl (C=O) groups is 1. The minimum Gasteiger partial charge on any atom is -0.483 e. The maximum atomic E-state index is 12.3. The first-order chi connectivity index (χ1) is 13.0. The van der Waals surface area contributed by atoms with Crippen molar-refractivity contribution in [2.24, 2.45) is 0 Å². The maximum absolute atomic E-state index is 12.3. The normalized spacial score (nSPS) is 10.7. The van der Waals surface area contributed by atoms with E-state index in [-0.39, 0.29) is 12.5 Å². The van der Waals surface area contributed by atoms with Crippen LogP contribution in [0, 0.1) is 13.8 Å². The SMILES string of the molecule is CCc1cc(Br)ccc1OCC(=O)Nc1nc(-c2ccc(C)cc2)c(C)s1. The summed E-state index contributed by atoms with van der Waals surface area (Å²) in [6, 6.07) is 14.0. The Morgan fingerprint density at radius 1 is 1.19 bits per heavy atom. The average molecular weight is 445 g/mol. The third-order valence-electron chi connectivity index (χ3n) is 4.13. The predicted octanol–water partition coefficient (Wildman–Crippen LogP) is 5.77. The van der Waals surface area contributed by atoms with Gasteiger partial charge < -0.3 is 4.74 Å². The Kier molecular flexibility index (Phi) is 6.29. The number of thiazole rings is 1. The van der Waals surface area contributed by atoms with Gasteiger partial charge >= 0.3 is 0 Å². The quantitative estimate of drug-likeness (QED) is 0.524. The van der Waals surface area contributed by atoms with E-state index in [9.17, 15) is 4.79 Å². The molecule has 1 amide bonds. The molecule has 27 heavy (non-hydrogen) atoms. The second-order valence-corrected chi connectivity index (χ2v) is 8.35. The van der Waals surface area contributed by atoms with E-state index in [0.29, 0.717) is 5.13 Å². The van der Waals surface area contributed by atoms with Crippen molar-refractivity contribution in [1.29, 1.82) is 0 Å². The molecule has 0 atom stereocenters. The molecule has 2 aromatic carbocycles. The number of ether oxygens (including phenoxy) is 1. The van der Waals surface area contributed by atoms with Crippen LogP contribution in [-0.4, -0.2) is 17.5 Å². The van der Waals surface area contributed by atoms with Crippen molar-refractivity contribution in [2.75, 3.05) is 11.9 Å². The van der Waals surface area contributed by atoms with Gasteiger partial charge in [-0.25, -0.2) is 4.98 Å². The highest BCUT2D eigenvalue weighted by Gasteiger charge is 2.13. The second-order valence-electron chi connectivity index (χ2n) is 6.23. The summed E-state index contributed by atoms with van der Waals surface area (Å²) >= 11 is 4.92. The van der Waals surface area contributed by atoms with Crippen molar-refractivity contribution >= 4 is 38.3 Å². The smallest absolute Gasteiger partial charge is 0.264 e. The molecule has 1 N–H and O–H groups in total. The fraction of sp³-hybridized carbons (Fsp3) is 0.238. The standard InChI is InChI=1S/C21H21BrN2O2S/c1-4-15-11-17(22)9-10-18(15)26-12-19(25)23-21-24-20(14(3)27-21)16-7-5-13(2)6-8-16/h5-11H,4,12H2,1-3H3,(H,23,24,25). The Balaban J connectivity index is 1.65. The Labute approximate surface area is 171 Å². The molecule has 0 spiro atoms. The molecule has 3 aromatic rings. The van der Waals surface area contributed by atoms with Gasteiger partial charge in [-0.2, -0.15) is 0 Å². The van der Waals surface area contributed by atoms with Crippen LogP contribution in [0.4, 0.5) is 5.13 Å². The Morgan fingerprint density at radius 2 is 1.93 bits per heavy atom. The van der Waals surface area contributed by atoms with Crippen molar-refractivity contribution in [1.82, 2.24) is 4.98 Å². The monoisotopic (exact) mass is 444 g/mol. The van der Waals surface area contributed by atoms with Crippen LogP contribution in [0.1, 0.15) is 22.9 Å². The van der Waals surface area contributed by atoms with Crippen LogP contribution in [0.5, 0.6) is 5.75 Å². The van der Waals surface area contributed by atoms with E-state index in [1.807, 2.05) is 37.3 Å². The molecule has 0 unspecified atom stereocenters. The molecule has 0 bridgehead atoms. The minimum absolute atomic E-state index is 0.0485. The van der Waals surface area contributed by atoms with Crippen molar-refractivity contribution in [2.45, 2.75) is 27.2 Å². The molecule has 0 aliphatic heterocycles. The Bertz CT molecular complexity index is 951. The third-order valence-corrected chi connectivity index (χ3v) is 5.51. The number of aromatic nitrogens is 1. The van der Waals surface area contributed by atoms with Crippen molar-refractivity contribution in [3.63, 3.8) is 0 Å². The fourth-order valence-electron chi connectivity index (χ4n) is 2.69. The number of halogens is 1. The maximum Gasteiger partial charge on any atom is 0.264 e. The Morgan fingerprint density at radius 3 is 2.63 bits per heavy atom. The number of amides is 1. The summed E-state index contributed by atoms with van der Waals surface area (Å²) in [7, 11) is 0. The van der Waals surface area contributed by atoms with Crippen molar-refractivity contribution < 1.29 is 9.53 Å². The number of nitrogens with zero attached hydrogens (tertiary/aromatic N) is 1.